The number of aliphatic hydroxyl groups is 1. The van der Waals surface area contributed by atoms with Crippen LogP contribution in [0.25, 0.3) is 0 Å². The number of nitrogens with zero attached hydrogens (tertiary/aromatic N) is 4. The van der Waals surface area contributed by atoms with Gasteiger partial charge in [0.05, 0.1) is 22.0 Å². The average molecular weight is 556 g/mol. The highest BCUT2D eigenvalue weighted by Crippen LogP contribution is 2.67. The number of hydrogen-bond donors (Lipinski definition) is 2. The van der Waals surface area contributed by atoms with Crippen molar-refractivity contribution in [1.82, 2.24) is 0 Å². The van der Waals surface area contributed by atoms with Gasteiger partial charge in [0.25, 0.3) is 5.69 Å². The fourth-order valence-electron chi connectivity index (χ4n) is 9.11. The van der Waals surface area contributed by atoms with Gasteiger partial charge >= 0.3 is 5.69 Å². The Labute approximate surface area is 232 Å². The zero-order chi connectivity index (χ0) is 29.0. The van der Waals surface area contributed by atoms with Crippen LogP contribution in [0.4, 0.5) is 17.1 Å². The summed E-state index contributed by atoms with van der Waals surface area (Å²) in [6.45, 7) is 6.24. The van der Waals surface area contributed by atoms with Gasteiger partial charge in [0.15, 0.2) is 0 Å². The normalized spacial score (nSPS) is 37.0. The minimum absolute atomic E-state index is 0.0292. The van der Waals surface area contributed by atoms with E-state index in [1.165, 1.54) is 17.7 Å². The van der Waals surface area contributed by atoms with Crippen molar-refractivity contribution in [2.45, 2.75) is 71.8 Å². The van der Waals surface area contributed by atoms with Crippen molar-refractivity contribution in [1.29, 1.82) is 0 Å². The Bertz CT molecular complexity index is 1300. The van der Waals surface area contributed by atoms with E-state index in [1.54, 1.807) is 0 Å². The van der Waals surface area contributed by atoms with Crippen molar-refractivity contribution >= 4 is 22.8 Å². The summed E-state index contributed by atoms with van der Waals surface area (Å²) in [5, 5.41) is 49.2. The van der Waals surface area contributed by atoms with Gasteiger partial charge in [-0.25, -0.2) is 0 Å². The molecule has 0 radical (unpaired) electrons. The van der Waals surface area contributed by atoms with E-state index < -0.39 is 21.2 Å². The number of rotatable bonds is 7. The predicted molar refractivity (Wildman–Crippen MR) is 148 cm³/mol. The Balaban J connectivity index is 1.45. The van der Waals surface area contributed by atoms with Gasteiger partial charge in [-0.1, -0.05) is 25.5 Å². The molecule has 4 aliphatic carbocycles. The van der Waals surface area contributed by atoms with Gasteiger partial charge < -0.3 is 5.11 Å². The Hall–Kier alpha value is -3.41. The molecule has 0 aromatic heterocycles. The van der Waals surface area contributed by atoms with Crippen molar-refractivity contribution in [3.63, 3.8) is 0 Å². The number of fused-ring (bicyclic) bond motifs is 5. The maximum atomic E-state index is 11.8. The molecular weight excluding hydrogens is 518 g/mol. The summed E-state index contributed by atoms with van der Waals surface area (Å²) in [7, 11) is 0. The van der Waals surface area contributed by atoms with Crippen molar-refractivity contribution in [2.24, 2.45) is 45.5 Å². The molecule has 0 aliphatic heterocycles. The number of nitro benzene ring substituents is 2. The first kappa shape index (κ1) is 28.1. The van der Waals surface area contributed by atoms with Crippen LogP contribution in [0.15, 0.2) is 34.9 Å². The highest BCUT2D eigenvalue weighted by atomic mass is 16.6. The molecule has 0 heterocycles. The Morgan fingerprint density at radius 2 is 1.85 bits per heavy atom. The third kappa shape index (κ3) is 4.65. The Kier molecular flexibility index (Phi) is 7.18. The first-order chi connectivity index (χ1) is 18.8. The van der Waals surface area contributed by atoms with Gasteiger partial charge in [0.2, 0.25) is 6.54 Å². The van der Waals surface area contributed by atoms with E-state index in [0.29, 0.717) is 17.5 Å². The number of hydrazone groups is 1. The third-order valence-corrected chi connectivity index (χ3v) is 10.8. The van der Waals surface area contributed by atoms with Crippen LogP contribution in [-0.2, 0) is 0 Å². The molecule has 1 aromatic carbocycles. The molecule has 0 spiro atoms. The maximum Gasteiger partial charge on any atom is 0.301 e. The van der Waals surface area contributed by atoms with Gasteiger partial charge in [-0.3, -0.25) is 35.8 Å². The minimum atomic E-state index is -0.695. The fourth-order valence-corrected chi connectivity index (χ4v) is 9.11. The lowest BCUT2D eigenvalue weighted by molar-refractivity contribution is -0.489. The molecule has 0 saturated heterocycles. The second kappa shape index (κ2) is 10.2. The van der Waals surface area contributed by atoms with Gasteiger partial charge in [0, 0.05) is 28.5 Å². The molecule has 5 rings (SSSR count). The molecule has 1 aromatic rings. The molecule has 3 fully saturated rings. The third-order valence-electron chi connectivity index (χ3n) is 10.8. The first-order valence-electron chi connectivity index (χ1n) is 14.1. The summed E-state index contributed by atoms with van der Waals surface area (Å²) >= 11 is 0. The van der Waals surface area contributed by atoms with Gasteiger partial charge in [-0.05, 0) is 86.5 Å². The van der Waals surface area contributed by atoms with Crippen LogP contribution in [0.2, 0.25) is 0 Å². The van der Waals surface area contributed by atoms with Crippen LogP contribution in [0.3, 0.4) is 0 Å². The topological polar surface area (TPSA) is 174 Å². The average Bonchev–Trinajstić information content (AvgIpc) is 3.18. The summed E-state index contributed by atoms with van der Waals surface area (Å²) in [4.78, 5) is 32.8. The molecule has 12 heteroatoms. The molecule has 2 N–H and O–H groups in total. The summed E-state index contributed by atoms with van der Waals surface area (Å²) in [5.74, 6) is 0.763. The number of non-ortho nitro benzene ring substituents is 1. The quantitative estimate of drug-likeness (QED) is 0.185. The van der Waals surface area contributed by atoms with Crippen LogP contribution < -0.4 is 5.43 Å². The number of nitrogens with one attached hydrogen (secondary N) is 1. The number of nitro groups is 3. The summed E-state index contributed by atoms with van der Waals surface area (Å²) in [6, 6.07) is 3.34. The van der Waals surface area contributed by atoms with Gasteiger partial charge in [-0.2, -0.15) is 5.10 Å². The SMILES string of the molecule is CC(=NNc1ccc([N+](=O)[O-])cc1[N+](=O)[O-])[C@@H]1[C@@H](C[N+](=O)[O-])C[C@@H]2[C@H]3CC=C4C[C@@H](O)CC[C@]4(C)[C@@H]3CC[C@]21C. The fraction of sp³-hybridized carbons (Fsp3) is 0.679. The second-order valence-corrected chi connectivity index (χ2v) is 12.8. The lowest BCUT2D eigenvalue weighted by Gasteiger charge is -2.58. The van der Waals surface area contributed by atoms with Gasteiger partial charge in [-0.15, -0.1) is 0 Å². The predicted octanol–water partition coefficient (Wildman–Crippen LogP) is 5.73. The molecule has 3 saturated carbocycles. The van der Waals surface area contributed by atoms with E-state index >= 15 is 0 Å². The molecule has 0 unspecified atom stereocenters. The number of hydrogen-bond acceptors (Lipinski definition) is 9. The molecule has 8 atom stereocenters. The number of anilines is 1. The smallest absolute Gasteiger partial charge is 0.301 e. The minimum Gasteiger partial charge on any atom is -0.393 e. The van der Waals surface area contributed by atoms with E-state index in [4.69, 9.17) is 0 Å². The summed E-state index contributed by atoms with van der Waals surface area (Å²) in [6.07, 6.45) is 8.14. The molecule has 0 bridgehead atoms. The van der Waals surface area contributed by atoms with Crippen molar-refractivity contribution in [3.8, 4) is 0 Å². The van der Waals surface area contributed by atoms with Crippen molar-refractivity contribution in [2.75, 3.05) is 12.0 Å². The Morgan fingerprint density at radius 1 is 1.10 bits per heavy atom. The standard InChI is InChI=1S/C28H37N5O7/c1-16(29-30-24-7-5-19(32(37)38)14-25(24)33(39)40)26-17(15-31(35)36)12-23-21-6-4-18-13-20(34)8-10-27(18,2)22(21)9-11-28(23,26)3/h4-5,7,14,17,20-23,26,30,34H,6,8-13,15H2,1-3H3/t17-,20+,21+,22-,23-,26-,27+,28-/m1/s1. The largest absolute Gasteiger partial charge is 0.393 e. The molecule has 0 amide bonds. The number of benzene rings is 1. The van der Waals surface area contributed by atoms with Crippen LogP contribution in [0, 0.1) is 70.8 Å². The monoisotopic (exact) mass is 555 g/mol. The highest BCUT2D eigenvalue weighted by molar-refractivity contribution is 5.87. The Morgan fingerprint density at radius 3 is 2.52 bits per heavy atom. The van der Waals surface area contributed by atoms with E-state index in [-0.39, 0.29) is 51.8 Å². The molecule has 40 heavy (non-hydrogen) atoms. The van der Waals surface area contributed by atoms with Crippen LogP contribution in [0.5, 0.6) is 0 Å². The maximum absolute atomic E-state index is 11.8. The first-order valence-corrected chi connectivity index (χ1v) is 14.1. The van der Waals surface area contributed by atoms with Crippen molar-refractivity contribution in [3.05, 3.63) is 60.2 Å². The second-order valence-electron chi connectivity index (χ2n) is 12.8. The van der Waals surface area contributed by atoms with Crippen LogP contribution >= 0.6 is 0 Å². The molecule has 4 aliphatic rings. The van der Waals surface area contributed by atoms with Crippen LogP contribution in [-0.4, -0.2) is 38.2 Å². The van der Waals surface area contributed by atoms with E-state index in [2.05, 4.69) is 30.5 Å². The molecule has 216 valence electrons. The summed E-state index contributed by atoms with van der Waals surface area (Å²) in [5.41, 5.74) is 3.80. The van der Waals surface area contributed by atoms with Gasteiger partial charge in [0.1, 0.15) is 5.69 Å². The van der Waals surface area contributed by atoms with Crippen molar-refractivity contribution < 1.29 is 19.9 Å². The summed E-state index contributed by atoms with van der Waals surface area (Å²) < 4.78 is 0. The van der Waals surface area contributed by atoms with Crippen LogP contribution in [0.1, 0.15) is 65.7 Å². The zero-order valence-electron chi connectivity index (χ0n) is 23.1. The molecule has 12 nitrogen and oxygen atoms in total. The molecular formula is C28H37N5O7. The number of aliphatic hydroxyl groups excluding tert-OH is 1. The van der Waals surface area contributed by atoms with E-state index in [0.717, 1.165) is 51.0 Å². The zero-order valence-corrected chi connectivity index (χ0v) is 23.1. The van der Waals surface area contributed by atoms with E-state index in [9.17, 15) is 35.4 Å². The highest BCUT2D eigenvalue weighted by Gasteiger charge is 2.62. The number of allylic oxidation sites excluding steroid dienone is 1. The lowest BCUT2D eigenvalue weighted by atomic mass is 9.47. The van der Waals surface area contributed by atoms with E-state index in [1.807, 2.05) is 6.92 Å². The lowest BCUT2D eigenvalue weighted by Crippen LogP contribution is -2.51.